The molecule has 1 unspecified atom stereocenters. The lowest BCUT2D eigenvalue weighted by atomic mass is 9.89. The van der Waals surface area contributed by atoms with Crippen LogP contribution >= 0.6 is 0 Å². The van der Waals surface area contributed by atoms with Crippen LogP contribution in [0.5, 0.6) is 0 Å². The fraction of sp³-hybridized carbons (Fsp3) is 0.875. The molecular weight excluding hydrogens is 154 g/mol. The lowest BCUT2D eigenvalue weighted by Crippen LogP contribution is -2.46. The zero-order chi connectivity index (χ0) is 9.14. The van der Waals surface area contributed by atoms with Gasteiger partial charge in [-0.3, -0.25) is 4.79 Å². The Bertz CT molecular complexity index is 166. The number of hydrogen-bond acceptors (Lipinski definition) is 3. The molecule has 4 nitrogen and oxygen atoms in total. The predicted molar refractivity (Wildman–Crippen MR) is 47.3 cm³/mol. The van der Waals surface area contributed by atoms with Crippen molar-refractivity contribution in [1.82, 2.24) is 4.90 Å². The topological polar surface area (TPSA) is 72.3 Å². The molecule has 1 heterocycles. The van der Waals surface area contributed by atoms with Crippen LogP contribution in [0.15, 0.2) is 0 Å². The molecule has 1 aliphatic heterocycles. The van der Waals surface area contributed by atoms with E-state index in [1.165, 1.54) is 0 Å². The van der Waals surface area contributed by atoms with Gasteiger partial charge < -0.3 is 16.4 Å². The molecule has 0 spiro atoms. The van der Waals surface area contributed by atoms with Gasteiger partial charge in [-0.1, -0.05) is 0 Å². The van der Waals surface area contributed by atoms with Crippen molar-refractivity contribution in [2.45, 2.75) is 6.42 Å². The maximum atomic E-state index is 10.8. The van der Waals surface area contributed by atoms with E-state index in [1.807, 2.05) is 0 Å². The van der Waals surface area contributed by atoms with Crippen molar-refractivity contribution < 1.29 is 4.79 Å². The van der Waals surface area contributed by atoms with E-state index in [1.54, 1.807) is 0 Å². The second kappa shape index (κ2) is 3.87. The van der Waals surface area contributed by atoms with Crippen molar-refractivity contribution in [2.24, 2.45) is 23.3 Å². The quantitative estimate of drug-likeness (QED) is 0.570. The Kier molecular flexibility index (Phi) is 3.05. The van der Waals surface area contributed by atoms with Gasteiger partial charge in [-0.15, -0.1) is 0 Å². The second-order valence-electron chi connectivity index (χ2n) is 3.66. The van der Waals surface area contributed by atoms with E-state index >= 15 is 0 Å². The van der Waals surface area contributed by atoms with Gasteiger partial charge in [0.05, 0.1) is 5.92 Å². The number of rotatable bonds is 4. The van der Waals surface area contributed by atoms with E-state index in [0.29, 0.717) is 12.5 Å². The summed E-state index contributed by atoms with van der Waals surface area (Å²) in [4.78, 5) is 13.0. The molecule has 4 heteroatoms. The van der Waals surface area contributed by atoms with Gasteiger partial charge in [-0.05, 0) is 19.4 Å². The third-order valence-electron chi connectivity index (χ3n) is 2.44. The van der Waals surface area contributed by atoms with Crippen LogP contribution in [-0.2, 0) is 4.79 Å². The first-order valence-corrected chi connectivity index (χ1v) is 4.31. The molecule has 12 heavy (non-hydrogen) atoms. The Hall–Kier alpha value is -0.610. The van der Waals surface area contributed by atoms with Crippen molar-refractivity contribution in [3.63, 3.8) is 0 Å². The predicted octanol–water partition coefficient (Wildman–Crippen LogP) is -1.00. The third kappa shape index (κ3) is 2.19. The monoisotopic (exact) mass is 171 g/mol. The summed E-state index contributed by atoms with van der Waals surface area (Å²) in [5.41, 5.74) is 10.6. The minimum atomic E-state index is -0.257. The summed E-state index contributed by atoms with van der Waals surface area (Å²) in [6.07, 6.45) is 0.857. The lowest BCUT2D eigenvalue weighted by molar-refractivity contribution is -0.122. The smallest absolute Gasteiger partial charge is 0.221 e. The fourth-order valence-corrected chi connectivity index (χ4v) is 1.71. The molecule has 0 saturated carbocycles. The van der Waals surface area contributed by atoms with Crippen LogP contribution in [0.4, 0.5) is 0 Å². The Balaban J connectivity index is 2.24. The number of likely N-dealkylation sites (tertiary alicyclic amines) is 1. The van der Waals surface area contributed by atoms with Gasteiger partial charge in [0, 0.05) is 19.6 Å². The molecule has 0 aromatic rings. The van der Waals surface area contributed by atoms with Crippen LogP contribution in [0.25, 0.3) is 0 Å². The number of amides is 1. The highest BCUT2D eigenvalue weighted by molar-refractivity contribution is 5.76. The summed E-state index contributed by atoms with van der Waals surface area (Å²) >= 11 is 0. The highest BCUT2D eigenvalue weighted by atomic mass is 16.1. The first kappa shape index (κ1) is 9.48. The molecule has 0 aromatic carbocycles. The molecule has 0 aliphatic carbocycles. The molecule has 1 aliphatic rings. The first-order chi connectivity index (χ1) is 5.63. The van der Waals surface area contributed by atoms with Crippen molar-refractivity contribution in [3.05, 3.63) is 0 Å². The summed E-state index contributed by atoms with van der Waals surface area (Å²) < 4.78 is 0. The van der Waals surface area contributed by atoms with Crippen molar-refractivity contribution in [1.29, 1.82) is 0 Å². The lowest BCUT2D eigenvalue weighted by Gasteiger charge is -2.37. The SMILES string of the molecule is CN1CC(CC(CN)C(N)=O)C1. The van der Waals surface area contributed by atoms with Gasteiger partial charge in [0.2, 0.25) is 5.91 Å². The van der Waals surface area contributed by atoms with E-state index in [9.17, 15) is 4.79 Å². The first-order valence-electron chi connectivity index (χ1n) is 4.31. The van der Waals surface area contributed by atoms with E-state index in [0.717, 1.165) is 19.5 Å². The maximum absolute atomic E-state index is 10.8. The molecular formula is C8H17N3O. The zero-order valence-electron chi connectivity index (χ0n) is 7.49. The largest absolute Gasteiger partial charge is 0.369 e. The summed E-state index contributed by atoms with van der Waals surface area (Å²) in [6.45, 7) is 2.53. The van der Waals surface area contributed by atoms with Crippen LogP contribution in [0.2, 0.25) is 0 Å². The van der Waals surface area contributed by atoms with E-state index in [4.69, 9.17) is 11.5 Å². The van der Waals surface area contributed by atoms with Gasteiger partial charge in [0.15, 0.2) is 0 Å². The minimum Gasteiger partial charge on any atom is -0.369 e. The molecule has 0 radical (unpaired) electrons. The van der Waals surface area contributed by atoms with E-state index in [2.05, 4.69) is 11.9 Å². The van der Waals surface area contributed by atoms with Crippen LogP contribution < -0.4 is 11.5 Å². The zero-order valence-corrected chi connectivity index (χ0v) is 7.49. The molecule has 1 atom stereocenters. The van der Waals surface area contributed by atoms with Gasteiger partial charge in [-0.2, -0.15) is 0 Å². The van der Waals surface area contributed by atoms with E-state index < -0.39 is 0 Å². The fourth-order valence-electron chi connectivity index (χ4n) is 1.71. The Morgan fingerprint density at radius 2 is 2.25 bits per heavy atom. The molecule has 1 rings (SSSR count). The third-order valence-corrected chi connectivity index (χ3v) is 2.44. The number of carbonyl (C=O) groups excluding carboxylic acids is 1. The van der Waals surface area contributed by atoms with E-state index in [-0.39, 0.29) is 11.8 Å². The van der Waals surface area contributed by atoms with Gasteiger partial charge in [0.25, 0.3) is 0 Å². The average molecular weight is 171 g/mol. The Morgan fingerprint density at radius 1 is 1.67 bits per heavy atom. The Labute approximate surface area is 72.9 Å². The molecule has 1 saturated heterocycles. The summed E-state index contributed by atoms with van der Waals surface area (Å²) in [7, 11) is 2.07. The summed E-state index contributed by atoms with van der Waals surface area (Å²) in [5.74, 6) is 0.242. The highest BCUT2D eigenvalue weighted by Gasteiger charge is 2.27. The molecule has 4 N–H and O–H groups in total. The van der Waals surface area contributed by atoms with Gasteiger partial charge >= 0.3 is 0 Å². The van der Waals surface area contributed by atoms with Crippen LogP contribution in [0.1, 0.15) is 6.42 Å². The average Bonchev–Trinajstić information content (AvgIpc) is 1.95. The van der Waals surface area contributed by atoms with Crippen LogP contribution in [0, 0.1) is 11.8 Å². The molecule has 1 amide bonds. The molecule has 0 bridgehead atoms. The minimum absolute atomic E-state index is 0.122. The normalized spacial score (nSPS) is 21.8. The number of nitrogens with zero attached hydrogens (tertiary/aromatic N) is 1. The highest BCUT2D eigenvalue weighted by Crippen LogP contribution is 2.20. The summed E-state index contributed by atoms with van der Waals surface area (Å²) in [5, 5.41) is 0. The molecule has 70 valence electrons. The standard InChI is InChI=1S/C8H17N3O/c1-11-4-6(5-11)2-7(3-9)8(10)12/h6-7H,2-5,9H2,1H3,(H2,10,12). The Morgan fingerprint density at radius 3 is 2.58 bits per heavy atom. The summed E-state index contributed by atoms with van der Waals surface area (Å²) in [6, 6.07) is 0. The number of carbonyl (C=O) groups is 1. The second-order valence-corrected chi connectivity index (χ2v) is 3.66. The van der Waals surface area contributed by atoms with Gasteiger partial charge in [-0.25, -0.2) is 0 Å². The molecule has 0 aromatic heterocycles. The molecule has 1 fully saturated rings. The number of primary amides is 1. The van der Waals surface area contributed by atoms with Gasteiger partial charge in [0.1, 0.15) is 0 Å². The van der Waals surface area contributed by atoms with Crippen LogP contribution in [-0.4, -0.2) is 37.5 Å². The maximum Gasteiger partial charge on any atom is 0.221 e. The van der Waals surface area contributed by atoms with Crippen molar-refractivity contribution in [2.75, 3.05) is 26.7 Å². The van der Waals surface area contributed by atoms with Crippen molar-refractivity contribution >= 4 is 5.91 Å². The number of hydrogen-bond donors (Lipinski definition) is 2. The van der Waals surface area contributed by atoms with Crippen molar-refractivity contribution in [3.8, 4) is 0 Å². The number of nitrogens with two attached hydrogens (primary N) is 2. The van der Waals surface area contributed by atoms with Crippen LogP contribution in [0.3, 0.4) is 0 Å².